The number of amides is 2. The Kier molecular flexibility index (Phi) is 5.98. The maximum atomic E-state index is 12.5. The topological polar surface area (TPSA) is 50.8 Å². The number of ether oxygens (including phenoxy) is 1. The molecule has 3 rings (SSSR count). The van der Waals surface area contributed by atoms with Gasteiger partial charge in [-0.1, -0.05) is 29.8 Å². The van der Waals surface area contributed by atoms with Crippen LogP contribution in [-0.4, -0.2) is 44.0 Å². The van der Waals surface area contributed by atoms with Crippen molar-refractivity contribution < 1.29 is 14.4 Å². The third-order valence-electron chi connectivity index (χ3n) is 4.95. The van der Waals surface area contributed by atoms with Gasteiger partial charge in [-0.3, -0.25) is 4.84 Å². The van der Waals surface area contributed by atoms with Gasteiger partial charge in [0.05, 0.1) is 13.2 Å². The van der Waals surface area contributed by atoms with E-state index in [0.717, 1.165) is 42.7 Å². The second-order valence-electron chi connectivity index (χ2n) is 6.53. The van der Waals surface area contributed by atoms with Crippen LogP contribution in [0.5, 0.6) is 0 Å². The van der Waals surface area contributed by atoms with Crippen LogP contribution >= 0.6 is 11.6 Å². The van der Waals surface area contributed by atoms with Crippen molar-refractivity contribution in [2.45, 2.75) is 37.5 Å². The first-order valence-corrected chi connectivity index (χ1v) is 9.10. The van der Waals surface area contributed by atoms with E-state index in [1.807, 2.05) is 18.2 Å². The summed E-state index contributed by atoms with van der Waals surface area (Å²) in [6.45, 7) is 3.16. The van der Waals surface area contributed by atoms with Gasteiger partial charge < -0.3 is 10.1 Å². The largest absolute Gasteiger partial charge is 0.381 e. The molecule has 2 aliphatic rings. The van der Waals surface area contributed by atoms with E-state index < -0.39 is 0 Å². The monoisotopic (exact) mass is 352 g/mol. The number of carbonyl (C=O) groups excluding carboxylic acids is 1. The minimum absolute atomic E-state index is 0.158. The Hall–Kier alpha value is -1.30. The number of nitrogens with one attached hydrogen (secondary N) is 1. The van der Waals surface area contributed by atoms with Crippen molar-refractivity contribution in [3.8, 4) is 0 Å². The fourth-order valence-electron chi connectivity index (χ4n) is 3.46. The zero-order chi connectivity index (χ0) is 16.8. The summed E-state index contributed by atoms with van der Waals surface area (Å²) in [5.74, 6) is 0. The number of rotatable bonds is 3. The molecule has 1 aromatic rings. The smallest absolute Gasteiger partial charge is 0.341 e. The van der Waals surface area contributed by atoms with E-state index in [1.54, 1.807) is 0 Å². The number of urea groups is 1. The average Bonchev–Trinajstić information content (AvgIpc) is 2.90. The molecule has 0 aliphatic carbocycles. The average molecular weight is 353 g/mol. The van der Waals surface area contributed by atoms with Gasteiger partial charge in [0, 0.05) is 30.2 Å². The molecule has 0 atom stereocenters. The molecule has 24 heavy (non-hydrogen) atoms. The molecule has 0 bridgehead atoms. The van der Waals surface area contributed by atoms with E-state index in [4.69, 9.17) is 21.2 Å². The summed E-state index contributed by atoms with van der Waals surface area (Å²) in [6, 6.07) is 7.74. The lowest BCUT2D eigenvalue weighted by Crippen LogP contribution is -2.48. The predicted molar refractivity (Wildman–Crippen MR) is 93.1 cm³/mol. The van der Waals surface area contributed by atoms with E-state index in [-0.39, 0.29) is 11.4 Å². The van der Waals surface area contributed by atoms with Gasteiger partial charge in [-0.15, -0.1) is 0 Å². The SMILES string of the molecule is O=C(NCC1(c2ccccc2Cl)CCOCC1)N1CCCCCO1. The fraction of sp³-hybridized carbons (Fsp3) is 0.611. The second-order valence-corrected chi connectivity index (χ2v) is 6.93. The summed E-state index contributed by atoms with van der Waals surface area (Å²) in [6.07, 6.45) is 4.78. The normalized spacial score (nSPS) is 21.1. The molecule has 5 nitrogen and oxygen atoms in total. The number of hydrogen-bond acceptors (Lipinski definition) is 3. The molecule has 132 valence electrons. The summed E-state index contributed by atoms with van der Waals surface area (Å²) >= 11 is 6.44. The van der Waals surface area contributed by atoms with Crippen LogP contribution in [-0.2, 0) is 15.0 Å². The van der Waals surface area contributed by atoms with Crippen LogP contribution in [0.25, 0.3) is 0 Å². The quantitative estimate of drug-likeness (QED) is 0.905. The summed E-state index contributed by atoms with van der Waals surface area (Å²) in [4.78, 5) is 18.0. The fourth-order valence-corrected chi connectivity index (χ4v) is 3.80. The maximum Gasteiger partial charge on any atom is 0.341 e. The lowest BCUT2D eigenvalue weighted by Gasteiger charge is -2.38. The minimum Gasteiger partial charge on any atom is -0.381 e. The van der Waals surface area contributed by atoms with E-state index >= 15 is 0 Å². The molecule has 0 saturated carbocycles. The molecular formula is C18H25ClN2O3. The van der Waals surface area contributed by atoms with Gasteiger partial charge in [-0.25, -0.2) is 9.86 Å². The Bertz CT molecular complexity index is 553. The Morgan fingerprint density at radius 1 is 1.17 bits per heavy atom. The van der Waals surface area contributed by atoms with Crippen LogP contribution in [0, 0.1) is 0 Å². The van der Waals surface area contributed by atoms with Gasteiger partial charge in [-0.05, 0) is 43.7 Å². The molecule has 2 saturated heterocycles. The van der Waals surface area contributed by atoms with Crippen molar-refractivity contribution in [1.82, 2.24) is 10.4 Å². The van der Waals surface area contributed by atoms with Crippen molar-refractivity contribution in [2.75, 3.05) is 32.9 Å². The molecule has 2 fully saturated rings. The standard InChI is InChI=1S/C18H25ClN2O3/c19-16-7-3-2-6-15(16)18(8-12-23-13-9-18)14-20-17(22)21-10-4-1-5-11-24-21/h2-3,6-7H,1,4-5,8-14H2,(H,20,22). The Morgan fingerprint density at radius 2 is 1.96 bits per heavy atom. The first-order chi connectivity index (χ1) is 11.7. The zero-order valence-electron chi connectivity index (χ0n) is 13.9. The summed E-state index contributed by atoms with van der Waals surface area (Å²) in [5.41, 5.74) is 0.907. The number of halogens is 1. The van der Waals surface area contributed by atoms with E-state index in [2.05, 4.69) is 11.4 Å². The molecule has 6 heteroatoms. The van der Waals surface area contributed by atoms with Crippen molar-refractivity contribution in [3.63, 3.8) is 0 Å². The van der Waals surface area contributed by atoms with E-state index in [9.17, 15) is 4.79 Å². The number of carbonyl (C=O) groups is 1. The highest BCUT2D eigenvalue weighted by molar-refractivity contribution is 6.31. The second kappa shape index (κ2) is 8.19. The van der Waals surface area contributed by atoms with Crippen LogP contribution in [0.4, 0.5) is 4.79 Å². The highest BCUT2D eigenvalue weighted by Gasteiger charge is 2.36. The van der Waals surface area contributed by atoms with Crippen molar-refractivity contribution >= 4 is 17.6 Å². The van der Waals surface area contributed by atoms with Gasteiger partial charge >= 0.3 is 6.03 Å². The van der Waals surface area contributed by atoms with Crippen LogP contribution in [0.2, 0.25) is 5.02 Å². The maximum absolute atomic E-state index is 12.5. The van der Waals surface area contributed by atoms with E-state index in [0.29, 0.717) is 32.9 Å². The molecule has 2 aliphatic heterocycles. The molecule has 0 spiro atoms. The Labute approximate surface area is 148 Å². The third-order valence-corrected chi connectivity index (χ3v) is 5.28. The van der Waals surface area contributed by atoms with Crippen LogP contribution < -0.4 is 5.32 Å². The number of nitrogens with zero attached hydrogens (tertiary/aromatic N) is 1. The highest BCUT2D eigenvalue weighted by Crippen LogP contribution is 2.38. The van der Waals surface area contributed by atoms with Crippen LogP contribution in [0.1, 0.15) is 37.7 Å². The Morgan fingerprint density at radius 3 is 2.75 bits per heavy atom. The highest BCUT2D eigenvalue weighted by atomic mass is 35.5. The number of hydroxylamine groups is 2. The predicted octanol–water partition coefficient (Wildman–Crippen LogP) is 3.52. The van der Waals surface area contributed by atoms with Gasteiger partial charge in [0.1, 0.15) is 0 Å². The Balaban J connectivity index is 1.71. The third kappa shape index (κ3) is 4.02. The molecule has 0 radical (unpaired) electrons. The molecule has 2 heterocycles. The molecular weight excluding hydrogens is 328 g/mol. The van der Waals surface area contributed by atoms with Crippen LogP contribution in [0.15, 0.2) is 24.3 Å². The molecule has 0 aromatic heterocycles. The summed E-state index contributed by atoms with van der Waals surface area (Å²) in [7, 11) is 0. The van der Waals surface area contributed by atoms with Crippen LogP contribution in [0.3, 0.4) is 0 Å². The number of hydrogen-bond donors (Lipinski definition) is 1. The molecule has 2 amide bonds. The van der Waals surface area contributed by atoms with Gasteiger partial charge in [0.2, 0.25) is 0 Å². The van der Waals surface area contributed by atoms with Crippen molar-refractivity contribution in [1.29, 1.82) is 0 Å². The van der Waals surface area contributed by atoms with E-state index in [1.165, 1.54) is 5.06 Å². The van der Waals surface area contributed by atoms with Gasteiger partial charge in [0.15, 0.2) is 0 Å². The van der Waals surface area contributed by atoms with Gasteiger partial charge in [0.25, 0.3) is 0 Å². The van der Waals surface area contributed by atoms with Crippen molar-refractivity contribution in [3.05, 3.63) is 34.9 Å². The first-order valence-electron chi connectivity index (χ1n) is 8.72. The van der Waals surface area contributed by atoms with Crippen molar-refractivity contribution in [2.24, 2.45) is 0 Å². The minimum atomic E-state index is -0.182. The first kappa shape index (κ1) is 17.5. The lowest BCUT2D eigenvalue weighted by atomic mass is 9.74. The molecule has 1 aromatic carbocycles. The summed E-state index contributed by atoms with van der Waals surface area (Å²) < 4.78 is 5.53. The molecule has 0 unspecified atom stereocenters. The zero-order valence-corrected chi connectivity index (χ0v) is 14.7. The van der Waals surface area contributed by atoms with Gasteiger partial charge in [-0.2, -0.15) is 0 Å². The summed E-state index contributed by atoms with van der Waals surface area (Å²) in [5, 5.41) is 5.28. The lowest BCUT2D eigenvalue weighted by molar-refractivity contribution is -0.109. The number of benzene rings is 1. The molecule has 1 N–H and O–H groups in total.